The standard InChI is InChI=1S/C20H34O10/c1-17(2)20(24)30-16-14-28-12-10-26-8-7-25-9-11-27-13-15-29-19(23)6-4-3-5-18(21)22/h1,3-16H2,2H3,(H,21,22). The van der Waals surface area contributed by atoms with Crippen molar-refractivity contribution in [2.75, 3.05) is 66.1 Å². The van der Waals surface area contributed by atoms with E-state index in [0.717, 1.165) is 0 Å². The highest BCUT2D eigenvalue weighted by molar-refractivity contribution is 5.86. The van der Waals surface area contributed by atoms with Crippen molar-refractivity contribution in [3.63, 3.8) is 0 Å². The van der Waals surface area contributed by atoms with Crippen LogP contribution in [0.15, 0.2) is 12.2 Å². The van der Waals surface area contributed by atoms with Crippen LogP contribution in [0.3, 0.4) is 0 Å². The van der Waals surface area contributed by atoms with Crippen molar-refractivity contribution in [1.29, 1.82) is 0 Å². The van der Waals surface area contributed by atoms with Gasteiger partial charge < -0.3 is 33.5 Å². The summed E-state index contributed by atoms with van der Waals surface area (Å²) in [5.41, 5.74) is 0.355. The molecule has 0 amide bonds. The molecule has 0 atom stereocenters. The highest BCUT2D eigenvalue weighted by atomic mass is 16.6. The van der Waals surface area contributed by atoms with Crippen LogP contribution in [-0.4, -0.2) is 89.1 Å². The van der Waals surface area contributed by atoms with Gasteiger partial charge in [-0.05, 0) is 19.8 Å². The molecule has 0 saturated heterocycles. The molecule has 0 saturated carbocycles. The molecule has 0 fully saturated rings. The third-order valence-electron chi connectivity index (χ3n) is 3.44. The number of hydrogen-bond donors (Lipinski definition) is 1. The SMILES string of the molecule is C=C(C)C(=O)OCCOCCOCCOCCOCCOC(=O)CCCCC(=O)O. The van der Waals surface area contributed by atoms with Gasteiger partial charge in [-0.3, -0.25) is 9.59 Å². The van der Waals surface area contributed by atoms with Crippen LogP contribution in [0.5, 0.6) is 0 Å². The normalized spacial score (nSPS) is 10.6. The van der Waals surface area contributed by atoms with Gasteiger partial charge in [0, 0.05) is 18.4 Å². The van der Waals surface area contributed by atoms with Gasteiger partial charge in [0.25, 0.3) is 0 Å². The Bertz CT molecular complexity index is 492. The number of carbonyl (C=O) groups is 3. The molecule has 0 spiro atoms. The Kier molecular flexibility index (Phi) is 18.9. The molecule has 0 rings (SSSR count). The Balaban J connectivity index is 3.19. The summed E-state index contributed by atoms with van der Waals surface area (Å²) in [5.74, 6) is -1.65. The number of unbranched alkanes of at least 4 members (excludes halogenated alkanes) is 1. The van der Waals surface area contributed by atoms with E-state index in [1.807, 2.05) is 0 Å². The average molecular weight is 434 g/mol. The molecule has 174 valence electrons. The molecule has 0 radical (unpaired) electrons. The number of carboxylic acid groups (broad SMARTS) is 1. The van der Waals surface area contributed by atoms with Crippen LogP contribution in [0.1, 0.15) is 32.6 Å². The van der Waals surface area contributed by atoms with E-state index in [-0.39, 0.29) is 38.6 Å². The molecule has 0 aromatic carbocycles. The van der Waals surface area contributed by atoms with E-state index in [1.54, 1.807) is 6.92 Å². The van der Waals surface area contributed by atoms with Gasteiger partial charge in [-0.15, -0.1) is 0 Å². The van der Waals surface area contributed by atoms with Crippen LogP contribution < -0.4 is 0 Å². The van der Waals surface area contributed by atoms with Gasteiger partial charge in [0.15, 0.2) is 0 Å². The van der Waals surface area contributed by atoms with E-state index in [0.29, 0.717) is 64.7 Å². The molecule has 0 bridgehead atoms. The molecule has 1 N–H and O–H groups in total. The molecule has 30 heavy (non-hydrogen) atoms. The second-order valence-corrected chi connectivity index (χ2v) is 6.19. The van der Waals surface area contributed by atoms with Crippen LogP contribution in [0.25, 0.3) is 0 Å². The van der Waals surface area contributed by atoms with E-state index in [1.165, 1.54) is 0 Å². The molecule has 0 aromatic heterocycles. The number of aliphatic carboxylic acids is 1. The van der Waals surface area contributed by atoms with Crippen molar-refractivity contribution in [2.24, 2.45) is 0 Å². The third kappa shape index (κ3) is 20.7. The first-order valence-electron chi connectivity index (χ1n) is 9.94. The van der Waals surface area contributed by atoms with E-state index in [4.69, 9.17) is 33.5 Å². The van der Waals surface area contributed by atoms with Crippen LogP contribution in [0, 0.1) is 0 Å². The van der Waals surface area contributed by atoms with Crippen LogP contribution in [0.2, 0.25) is 0 Å². The maximum Gasteiger partial charge on any atom is 0.333 e. The quantitative estimate of drug-likeness (QED) is 0.161. The summed E-state index contributed by atoms with van der Waals surface area (Å²) in [5, 5.41) is 8.49. The lowest BCUT2D eigenvalue weighted by atomic mass is 10.2. The predicted molar refractivity (Wildman–Crippen MR) is 106 cm³/mol. The van der Waals surface area contributed by atoms with Gasteiger partial charge in [0.05, 0.1) is 52.9 Å². The van der Waals surface area contributed by atoms with Gasteiger partial charge >= 0.3 is 17.9 Å². The van der Waals surface area contributed by atoms with Crippen molar-refractivity contribution in [2.45, 2.75) is 32.6 Å². The zero-order valence-corrected chi connectivity index (χ0v) is 17.7. The van der Waals surface area contributed by atoms with E-state index in [9.17, 15) is 14.4 Å². The van der Waals surface area contributed by atoms with Crippen molar-refractivity contribution in [3.8, 4) is 0 Å². The number of rotatable bonds is 21. The Labute approximate surface area is 177 Å². The highest BCUT2D eigenvalue weighted by Gasteiger charge is 2.04. The van der Waals surface area contributed by atoms with Crippen LogP contribution in [0.4, 0.5) is 0 Å². The zero-order valence-electron chi connectivity index (χ0n) is 17.7. The second kappa shape index (κ2) is 20.3. The Morgan fingerprint density at radius 3 is 1.50 bits per heavy atom. The fraction of sp³-hybridized carbons (Fsp3) is 0.750. The second-order valence-electron chi connectivity index (χ2n) is 6.19. The molecular formula is C20H34O10. The third-order valence-corrected chi connectivity index (χ3v) is 3.44. The minimum Gasteiger partial charge on any atom is -0.481 e. The largest absolute Gasteiger partial charge is 0.481 e. The number of carbonyl (C=O) groups excluding carboxylic acids is 2. The molecule has 0 aliphatic rings. The molecule has 10 nitrogen and oxygen atoms in total. The maximum atomic E-state index is 11.4. The van der Waals surface area contributed by atoms with Gasteiger partial charge in [-0.2, -0.15) is 0 Å². The Morgan fingerprint density at radius 1 is 0.667 bits per heavy atom. The molecule has 0 aromatic rings. The van der Waals surface area contributed by atoms with Gasteiger partial charge in [-0.1, -0.05) is 6.58 Å². The van der Waals surface area contributed by atoms with Gasteiger partial charge in [0.1, 0.15) is 13.2 Å². The minimum atomic E-state index is -0.865. The fourth-order valence-electron chi connectivity index (χ4n) is 1.91. The van der Waals surface area contributed by atoms with Gasteiger partial charge in [0.2, 0.25) is 0 Å². The summed E-state index contributed by atoms with van der Waals surface area (Å²) in [7, 11) is 0. The van der Waals surface area contributed by atoms with Crippen molar-refractivity contribution in [3.05, 3.63) is 12.2 Å². The van der Waals surface area contributed by atoms with E-state index < -0.39 is 11.9 Å². The summed E-state index contributed by atoms with van der Waals surface area (Å²) in [4.78, 5) is 32.8. The number of ether oxygens (including phenoxy) is 6. The van der Waals surface area contributed by atoms with E-state index in [2.05, 4.69) is 6.58 Å². The summed E-state index contributed by atoms with van der Waals surface area (Å²) < 4.78 is 31.0. The first-order valence-corrected chi connectivity index (χ1v) is 9.94. The first-order chi connectivity index (χ1) is 14.4. The average Bonchev–Trinajstić information content (AvgIpc) is 2.70. The lowest BCUT2D eigenvalue weighted by molar-refractivity contribution is -0.146. The smallest absolute Gasteiger partial charge is 0.333 e. The van der Waals surface area contributed by atoms with E-state index >= 15 is 0 Å². The van der Waals surface area contributed by atoms with Crippen molar-refractivity contribution >= 4 is 17.9 Å². The van der Waals surface area contributed by atoms with Crippen LogP contribution in [-0.2, 0) is 42.8 Å². The highest BCUT2D eigenvalue weighted by Crippen LogP contribution is 2.01. The number of esters is 2. The molecule has 10 heteroatoms. The lowest BCUT2D eigenvalue weighted by Gasteiger charge is -2.08. The van der Waals surface area contributed by atoms with Crippen molar-refractivity contribution < 1.29 is 47.9 Å². The molecule has 0 unspecified atom stereocenters. The topological polar surface area (TPSA) is 127 Å². The predicted octanol–water partition coefficient (Wildman–Crippen LogP) is 1.36. The van der Waals surface area contributed by atoms with Gasteiger partial charge in [-0.25, -0.2) is 4.79 Å². The summed E-state index contributed by atoms with van der Waals surface area (Å²) in [6.45, 7) is 8.41. The monoisotopic (exact) mass is 434 g/mol. The molecular weight excluding hydrogens is 400 g/mol. The summed E-state index contributed by atoms with van der Waals surface area (Å²) in [6.07, 6.45) is 1.23. The lowest BCUT2D eigenvalue weighted by Crippen LogP contribution is -2.15. The number of carboxylic acids is 1. The first kappa shape index (κ1) is 28.0. The van der Waals surface area contributed by atoms with Crippen molar-refractivity contribution in [1.82, 2.24) is 0 Å². The zero-order chi connectivity index (χ0) is 22.5. The summed E-state index contributed by atoms with van der Waals surface area (Å²) >= 11 is 0. The van der Waals surface area contributed by atoms with Crippen LogP contribution >= 0.6 is 0 Å². The Hall–Kier alpha value is -2.01. The fourth-order valence-corrected chi connectivity index (χ4v) is 1.91. The molecule has 0 aliphatic heterocycles. The number of hydrogen-bond acceptors (Lipinski definition) is 9. The summed E-state index contributed by atoms with van der Waals surface area (Å²) in [6, 6.07) is 0. The molecule has 0 aliphatic carbocycles. The minimum absolute atomic E-state index is 0.0595. The Morgan fingerprint density at radius 2 is 1.07 bits per heavy atom. The maximum absolute atomic E-state index is 11.4. The molecule has 0 heterocycles.